The summed E-state index contributed by atoms with van der Waals surface area (Å²) in [5.41, 5.74) is 7.29. The molecule has 0 bridgehead atoms. The minimum Gasteiger partial charge on any atom is -0.365 e. The van der Waals surface area contributed by atoms with Crippen LogP contribution in [0.15, 0.2) is 30.3 Å². The van der Waals surface area contributed by atoms with E-state index < -0.39 is 6.26 Å². The van der Waals surface area contributed by atoms with Crippen LogP contribution >= 0.6 is 6.26 Å². The fourth-order valence-electron chi connectivity index (χ4n) is 2.32. The summed E-state index contributed by atoms with van der Waals surface area (Å²) in [5.74, 6) is 0. The molecule has 108 valence electrons. The molecule has 2 rings (SSSR count). The standard InChI is InChI=1S/C8H11N.C7H15OPS/c1-7(9)8-5-3-2-4-6-8;1-9(8,10)7-5-3-2-4-6-7/h2-7H,9H2,1H3;7H,2-6H2,1H3,(H,8,10). The smallest absolute Gasteiger partial charge is 0.0636 e. The zero-order valence-electron chi connectivity index (χ0n) is 12.0. The fourth-order valence-corrected chi connectivity index (χ4v) is 4.27. The van der Waals surface area contributed by atoms with E-state index in [1.54, 1.807) is 0 Å². The topological polar surface area (TPSA) is 46.2 Å². The third kappa shape index (κ3) is 6.67. The van der Waals surface area contributed by atoms with E-state index >= 15 is 0 Å². The SMILES string of the molecule is CC(N)c1ccccc1.CP(O)(=S)C1CCCCC1. The van der Waals surface area contributed by atoms with Gasteiger partial charge >= 0.3 is 0 Å². The largest absolute Gasteiger partial charge is 0.365 e. The summed E-state index contributed by atoms with van der Waals surface area (Å²) < 4.78 is 0. The molecule has 1 fully saturated rings. The van der Waals surface area contributed by atoms with Crippen LogP contribution in [-0.4, -0.2) is 17.2 Å². The first-order valence-corrected chi connectivity index (χ1v) is 10.3. The normalized spacial score (nSPS) is 20.8. The van der Waals surface area contributed by atoms with Gasteiger partial charge in [-0.05, 0) is 32.0 Å². The van der Waals surface area contributed by atoms with Gasteiger partial charge in [-0.2, -0.15) is 0 Å². The van der Waals surface area contributed by atoms with Gasteiger partial charge in [0.1, 0.15) is 0 Å². The maximum atomic E-state index is 9.57. The molecule has 1 aromatic rings. The van der Waals surface area contributed by atoms with E-state index in [0.29, 0.717) is 5.66 Å². The van der Waals surface area contributed by atoms with Crippen molar-refractivity contribution >= 4 is 18.1 Å². The van der Waals surface area contributed by atoms with Crippen molar-refractivity contribution in [3.8, 4) is 0 Å². The highest BCUT2D eigenvalue weighted by Crippen LogP contribution is 2.48. The average Bonchev–Trinajstić information content (AvgIpc) is 2.40. The van der Waals surface area contributed by atoms with Crippen LogP contribution in [-0.2, 0) is 11.8 Å². The highest BCUT2D eigenvalue weighted by Gasteiger charge is 2.22. The van der Waals surface area contributed by atoms with Crippen molar-refractivity contribution in [1.82, 2.24) is 0 Å². The maximum Gasteiger partial charge on any atom is 0.0636 e. The Hall–Kier alpha value is -0.210. The summed E-state index contributed by atoms with van der Waals surface area (Å²) in [5, 5.41) is 0. The van der Waals surface area contributed by atoms with Crippen molar-refractivity contribution in [1.29, 1.82) is 0 Å². The lowest BCUT2D eigenvalue weighted by Gasteiger charge is -2.26. The molecule has 2 atom stereocenters. The number of hydrogen-bond acceptors (Lipinski definition) is 2. The van der Waals surface area contributed by atoms with E-state index in [1.165, 1.54) is 37.7 Å². The molecule has 2 unspecified atom stereocenters. The Balaban J connectivity index is 0.000000191. The molecule has 2 nitrogen and oxygen atoms in total. The van der Waals surface area contributed by atoms with Crippen molar-refractivity contribution < 1.29 is 4.89 Å². The monoisotopic (exact) mass is 299 g/mol. The van der Waals surface area contributed by atoms with E-state index in [-0.39, 0.29) is 6.04 Å². The van der Waals surface area contributed by atoms with Crippen LogP contribution < -0.4 is 5.73 Å². The van der Waals surface area contributed by atoms with Gasteiger partial charge in [-0.25, -0.2) is 0 Å². The molecule has 19 heavy (non-hydrogen) atoms. The first-order valence-electron chi connectivity index (χ1n) is 7.01. The van der Waals surface area contributed by atoms with Gasteiger partial charge in [0.2, 0.25) is 0 Å². The van der Waals surface area contributed by atoms with Gasteiger partial charge in [-0.3, -0.25) is 0 Å². The third-order valence-corrected chi connectivity index (χ3v) is 6.34. The van der Waals surface area contributed by atoms with Gasteiger partial charge in [0, 0.05) is 11.7 Å². The van der Waals surface area contributed by atoms with Gasteiger partial charge in [0.15, 0.2) is 0 Å². The quantitative estimate of drug-likeness (QED) is 0.810. The maximum absolute atomic E-state index is 9.57. The minimum absolute atomic E-state index is 0.159. The molecule has 0 radical (unpaired) electrons. The molecule has 3 N–H and O–H groups in total. The molecular formula is C15H26NOPS. The van der Waals surface area contributed by atoms with E-state index in [4.69, 9.17) is 17.5 Å². The Morgan fingerprint density at radius 3 is 2.05 bits per heavy atom. The summed E-state index contributed by atoms with van der Waals surface area (Å²) >= 11 is 5.07. The number of rotatable bonds is 2. The molecular weight excluding hydrogens is 273 g/mol. The zero-order chi connectivity index (χ0) is 14.3. The second-order valence-electron chi connectivity index (χ2n) is 5.43. The van der Waals surface area contributed by atoms with Gasteiger partial charge in [-0.1, -0.05) is 61.4 Å². The van der Waals surface area contributed by atoms with Crippen LogP contribution in [0.3, 0.4) is 0 Å². The summed E-state index contributed by atoms with van der Waals surface area (Å²) in [7, 11) is 0. The summed E-state index contributed by atoms with van der Waals surface area (Å²) in [6.45, 7) is 3.84. The predicted octanol–water partition coefficient (Wildman–Crippen LogP) is 4.04. The Bertz CT molecular complexity index is 396. The Morgan fingerprint density at radius 2 is 1.74 bits per heavy atom. The lowest BCUT2D eigenvalue weighted by atomic mass is 10.0. The molecule has 1 aliphatic carbocycles. The van der Waals surface area contributed by atoms with Gasteiger partial charge in [0.05, 0.1) is 6.26 Å². The van der Waals surface area contributed by atoms with Crippen LogP contribution in [0, 0.1) is 0 Å². The molecule has 1 saturated carbocycles. The van der Waals surface area contributed by atoms with Crippen molar-refractivity contribution in [3.05, 3.63) is 35.9 Å². The van der Waals surface area contributed by atoms with E-state index in [0.717, 1.165) is 0 Å². The molecule has 0 amide bonds. The first-order chi connectivity index (χ1) is 8.91. The highest BCUT2D eigenvalue weighted by molar-refractivity contribution is 8.11. The van der Waals surface area contributed by atoms with E-state index in [1.807, 2.05) is 43.9 Å². The second kappa shape index (κ2) is 8.16. The number of benzene rings is 1. The van der Waals surface area contributed by atoms with E-state index in [2.05, 4.69) is 0 Å². The van der Waals surface area contributed by atoms with Crippen molar-refractivity contribution in [2.24, 2.45) is 5.73 Å². The van der Waals surface area contributed by atoms with Crippen molar-refractivity contribution in [2.45, 2.75) is 50.7 Å². The summed E-state index contributed by atoms with van der Waals surface area (Å²) in [6.07, 6.45) is 4.32. The van der Waals surface area contributed by atoms with Gasteiger partial charge < -0.3 is 10.6 Å². The van der Waals surface area contributed by atoms with Crippen LogP contribution in [0.4, 0.5) is 0 Å². The zero-order valence-corrected chi connectivity index (χ0v) is 13.7. The molecule has 0 saturated heterocycles. The third-order valence-electron chi connectivity index (χ3n) is 3.58. The molecule has 1 aliphatic rings. The average molecular weight is 299 g/mol. The summed E-state index contributed by atoms with van der Waals surface area (Å²) in [6, 6.07) is 10.2. The number of nitrogens with two attached hydrogens (primary N) is 1. The number of hydrogen-bond donors (Lipinski definition) is 2. The van der Waals surface area contributed by atoms with Gasteiger partial charge in [0.25, 0.3) is 0 Å². The molecule has 0 spiro atoms. The predicted molar refractivity (Wildman–Crippen MR) is 88.3 cm³/mol. The van der Waals surface area contributed by atoms with Crippen LogP contribution in [0.1, 0.15) is 50.6 Å². The van der Waals surface area contributed by atoms with Crippen LogP contribution in [0.5, 0.6) is 0 Å². The Kier molecular flexibility index (Phi) is 7.23. The van der Waals surface area contributed by atoms with Gasteiger partial charge in [-0.15, -0.1) is 0 Å². The highest BCUT2D eigenvalue weighted by atomic mass is 32.4. The fraction of sp³-hybridized carbons (Fsp3) is 0.600. The van der Waals surface area contributed by atoms with Crippen molar-refractivity contribution in [3.63, 3.8) is 0 Å². The van der Waals surface area contributed by atoms with E-state index in [9.17, 15) is 4.89 Å². The lowest BCUT2D eigenvalue weighted by molar-refractivity contribution is 0.485. The first kappa shape index (κ1) is 16.8. The van der Waals surface area contributed by atoms with Crippen LogP contribution in [0.25, 0.3) is 0 Å². The van der Waals surface area contributed by atoms with Crippen LogP contribution in [0.2, 0.25) is 0 Å². The minimum atomic E-state index is -1.91. The Labute approximate surface area is 122 Å². The van der Waals surface area contributed by atoms with Crippen molar-refractivity contribution in [2.75, 3.05) is 6.66 Å². The molecule has 0 heterocycles. The summed E-state index contributed by atoms with van der Waals surface area (Å²) in [4.78, 5) is 9.57. The second-order valence-corrected chi connectivity index (χ2v) is 10.3. The lowest BCUT2D eigenvalue weighted by Crippen LogP contribution is -2.11. The molecule has 0 aliphatic heterocycles. The molecule has 0 aromatic heterocycles. The molecule has 1 aromatic carbocycles. The Morgan fingerprint density at radius 1 is 1.21 bits per heavy atom. The molecule has 4 heteroatoms.